The van der Waals surface area contributed by atoms with Gasteiger partial charge >= 0.3 is 0 Å². The molecule has 0 aliphatic carbocycles. The summed E-state index contributed by atoms with van der Waals surface area (Å²) in [6.07, 6.45) is 0. The Kier molecular flexibility index (Phi) is 3.15. The Balaban J connectivity index is 2.44. The van der Waals surface area contributed by atoms with Crippen molar-refractivity contribution in [2.45, 2.75) is 13.8 Å². The molecule has 0 amide bonds. The maximum absolute atomic E-state index is 12.2. The van der Waals surface area contributed by atoms with Crippen molar-refractivity contribution in [2.75, 3.05) is 0 Å². The highest BCUT2D eigenvalue weighted by atomic mass is 79.9. The van der Waals surface area contributed by atoms with E-state index in [-0.39, 0.29) is 5.78 Å². The van der Waals surface area contributed by atoms with Crippen molar-refractivity contribution in [3.8, 4) is 0 Å². The summed E-state index contributed by atoms with van der Waals surface area (Å²) in [5, 5.41) is 0. The van der Waals surface area contributed by atoms with Crippen LogP contribution in [-0.4, -0.2) is 15.3 Å². The quantitative estimate of drug-likeness (QED) is 0.798. The maximum atomic E-state index is 12.2. The molecular weight excluding hydrogens is 280 g/mol. The van der Waals surface area contributed by atoms with Crippen LogP contribution in [0.3, 0.4) is 0 Å². The number of hydrogen-bond acceptors (Lipinski definition) is 2. The average molecular weight is 293 g/mol. The van der Waals surface area contributed by atoms with E-state index < -0.39 is 0 Å². The Morgan fingerprint density at radius 1 is 1.24 bits per heavy atom. The van der Waals surface area contributed by atoms with E-state index in [1.54, 1.807) is 12.1 Å². The van der Waals surface area contributed by atoms with Crippen LogP contribution in [0.4, 0.5) is 0 Å². The Hall–Kier alpha value is -1.42. The number of carbonyl (C=O) groups excluding carboxylic acids is 1. The largest absolute Gasteiger partial charge is 0.328 e. The molecule has 0 spiro atoms. The van der Waals surface area contributed by atoms with Gasteiger partial charge in [0.1, 0.15) is 0 Å². The number of rotatable bonds is 2. The third-order valence-electron chi connectivity index (χ3n) is 2.93. The second kappa shape index (κ2) is 4.45. The topological polar surface area (TPSA) is 34.9 Å². The van der Waals surface area contributed by atoms with Gasteiger partial charge < -0.3 is 4.57 Å². The van der Waals surface area contributed by atoms with Crippen LogP contribution in [0.25, 0.3) is 0 Å². The van der Waals surface area contributed by atoms with E-state index in [0.717, 1.165) is 15.9 Å². The van der Waals surface area contributed by atoms with E-state index in [9.17, 15) is 4.79 Å². The molecule has 0 N–H and O–H groups in total. The molecule has 0 aliphatic heterocycles. The van der Waals surface area contributed by atoms with Crippen molar-refractivity contribution >= 4 is 21.7 Å². The zero-order valence-corrected chi connectivity index (χ0v) is 11.6. The SMILES string of the molecule is Cc1nc(C(=O)c2ccc(Br)cc2)n(C)c1C. The van der Waals surface area contributed by atoms with Crippen LogP contribution in [0.5, 0.6) is 0 Å². The molecule has 0 aliphatic rings. The lowest BCUT2D eigenvalue weighted by molar-refractivity contribution is 0.102. The average Bonchev–Trinajstić information content (AvgIpc) is 2.57. The number of benzene rings is 1. The second-order valence-electron chi connectivity index (χ2n) is 4.00. The summed E-state index contributed by atoms with van der Waals surface area (Å²) < 4.78 is 2.79. The van der Waals surface area contributed by atoms with Gasteiger partial charge in [-0.3, -0.25) is 4.79 Å². The number of carbonyl (C=O) groups is 1. The zero-order valence-electron chi connectivity index (χ0n) is 9.99. The predicted molar refractivity (Wildman–Crippen MR) is 70.3 cm³/mol. The van der Waals surface area contributed by atoms with Gasteiger partial charge in [-0.15, -0.1) is 0 Å². The number of imidazole rings is 1. The molecule has 0 unspecified atom stereocenters. The van der Waals surface area contributed by atoms with Crippen LogP contribution in [0.15, 0.2) is 28.7 Å². The Morgan fingerprint density at radius 2 is 1.82 bits per heavy atom. The molecule has 0 radical (unpaired) electrons. The van der Waals surface area contributed by atoms with Gasteiger partial charge in [-0.05, 0) is 38.1 Å². The molecule has 17 heavy (non-hydrogen) atoms. The number of nitrogens with zero attached hydrogens (tertiary/aromatic N) is 2. The summed E-state index contributed by atoms with van der Waals surface area (Å²) in [4.78, 5) is 16.6. The lowest BCUT2D eigenvalue weighted by atomic mass is 10.1. The molecule has 0 saturated carbocycles. The summed E-state index contributed by atoms with van der Waals surface area (Å²) in [6, 6.07) is 7.31. The smallest absolute Gasteiger partial charge is 0.228 e. The fraction of sp³-hybridized carbons (Fsp3) is 0.231. The minimum atomic E-state index is -0.0452. The highest BCUT2D eigenvalue weighted by Crippen LogP contribution is 2.15. The van der Waals surface area contributed by atoms with Crippen LogP contribution in [0, 0.1) is 13.8 Å². The minimum absolute atomic E-state index is 0.0452. The standard InChI is InChI=1S/C13H13BrN2O/c1-8-9(2)16(3)13(15-8)12(17)10-4-6-11(14)7-5-10/h4-7H,1-3H3. The van der Waals surface area contributed by atoms with Gasteiger partial charge in [0.25, 0.3) is 0 Å². The summed E-state index contributed by atoms with van der Waals surface area (Å²) in [6.45, 7) is 3.87. The first-order valence-electron chi connectivity index (χ1n) is 5.31. The Morgan fingerprint density at radius 3 is 2.29 bits per heavy atom. The minimum Gasteiger partial charge on any atom is -0.328 e. The number of hydrogen-bond donors (Lipinski definition) is 0. The van der Waals surface area contributed by atoms with Gasteiger partial charge in [-0.1, -0.05) is 15.9 Å². The summed E-state index contributed by atoms with van der Waals surface area (Å²) in [5.74, 6) is 0.443. The molecule has 1 heterocycles. The first-order valence-corrected chi connectivity index (χ1v) is 6.10. The van der Waals surface area contributed by atoms with E-state index in [1.807, 2.05) is 37.6 Å². The fourth-order valence-corrected chi connectivity index (χ4v) is 1.91. The summed E-state index contributed by atoms with van der Waals surface area (Å²) in [7, 11) is 1.86. The third kappa shape index (κ3) is 2.17. The van der Waals surface area contributed by atoms with Crippen LogP contribution < -0.4 is 0 Å². The molecule has 1 aromatic heterocycles. The zero-order chi connectivity index (χ0) is 12.6. The molecule has 4 heteroatoms. The van der Waals surface area contributed by atoms with Gasteiger partial charge in [0.15, 0.2) is 5.82 Å². The Bertz CT molecular complexity index is 570. The van der Waals surface area contributed by atoms with Crippen molar-refractivity contribution < 1.29 is 4.79 Å². The molecular formula is C13H13BrN2O. The van der Waals surface area contributed by atoms with Crippen LogP contribution >= 0.6 is 15.9 Å². The van der Waals surface area contributed by atoms with E-state index in [0.29, 0.717) is 11.4 Å². The molecule has 1 aromatic carbocycles. The first kappa shape index (κ1) is 12.0. The van der Waals surface area contributed by atoms with Crippen molar-refractivity contribution in [1.82, 2.24) is 9.55 Å². The summed E-state index contributed by atoms with van der Waals surface area (Å²) in [5.41, 5.74) is 2.57. The van der Waals surface area contributed by atoms with Crippen LogP contribution in [0.1, 0.15) is 27.6 Å². The molecule has 88 valence electrons. The van der Waals surface area contributed by atoms with Crippen LogP contribution in [0.2, 0.25) is 0 Å². The molecule has 3 nitrogen and oxygen atoms in total. The second-order valence-corrected chi connectivity index (χ2v) is 4.92. The highest BCUT2D eigenvalue weighted by molar-refractivity contribution is 9.10. The number of aromatic nitrogens is 2. The first-order chi connectivity index (χ1) is 8.00. The van der Waals surface area contributed by atoms with Crippen molar-refractivity contribution in [3.63, 3.8) is 0 Å². The number of ketones is 1. The Labute approximate surface area is 109 Å². The fourth-order valence-electron chi connectivity index (χ4n) is 1.65. The normalized spacial score (nSPS) is 10.6. The van der Waals surface area contributed by atoms with Gasteiger partial charge in [-0.25, -0.2) is 4.98 Å². The molecule has 2 rings (SSSR count). The van der Waals surface area contributed by atoms with Gasteiger partial charge in [-0.2, -0.15) is 0 Å². The molecule has 2 aromatic rings. The highest BCUT2D eigenvalue weighted by Gasteiger charge is 2.17. The molecule has 0 saturated heterocycles. The van der Waals surface area contributed by atoms with E-state index in [1.165, 1.54) is 0 Å². The van der Waals surface area contributed by atoms with Gasteiger partial charge in [0.05, 0.1) is 5.69 Å². The number of halogens is 1. The van der Waals surface area contributed by atoms with Gasteiger partial charge in [0, 0.05) is 22.8 Å². The van der Waals surface area contributed by atoms with Gasteiger partial charge in [0.2, 0.25) is 5.78 Å². The van der Waals surface area contributed by atoms with Crippen molar-refractivity contribution in [2.24, 2.45) is 7.05 Å². The number of aryl methyl sites for hydroxylation is 1. The van der Waals surface area contributed by atoms with E-state index >= 15 is 0 Å². The molecule has 0 fully saturated rings. The van der Waals surface area contributed by atoms with E-state index in [4.69, 9.17) is 0 Å². The lowest BCUT2D eigenvalue weighted by Crippen LogP contribution is -2.09. The van der Waals surface area contributed by atoms with Crippen LogP contribution in [-0.2, 0) is 7.05 Å². The maximum Gasteiger partial charge on any atom is 0.228 e. The molecule has 0 atom stereocenters. The summed E-state index contributed by atoms with van der Waals surface area (Å²) >= 11 is 3.35. The predicted octanol–water partition coefficient (Wildman–Crippen LogP) is 3.03. The monoisotopic (exact) mass is 292 g/mol. The molecule has 0 bridgehead atoms. The van der Waals surface area contributed by atoms with Crippen molar-refractivity contribution in [3.05, 3.63) is 51.5 Å². The van der Waals surface area contributed by atoms with E-state index in [2.05, 4.69) is 20.9 Å². The third-order valence-corrected chi connectivity index (χ3v) is 3.46. The van der Waals surface area contributed by atoms with Crippen molar-refractivity contribution in [1.29, 1.82) is 0 Å². The lowest BCUT2D eigenvalue weighted by Gasteiger charge is -2.02.